The Morgan fingerprint density at radius 1 is 1.50 bits per heavy atom. The first-order valence-corrected chi connectivity index (χ1v) is 4.69. The molecule has 0 atom stereocenters. The van der Waals surface area contributed by atoms with Crippen molar-refractivity contribution in [2.75, 3.05) is 18.0 Å². The molecule has 0 radical (unpaired) electrons. The lowest BCUT2D eigenvalue weighted by molar-refractivity contribution is 0.112. The van der Waals surface area contributed by atoms with Crippen molar-refractivity contribution in [2.45, 2.75) is 13.0 Å². The Labute approximate surface area is 83.0 Å². The summed E-state index contributed by atoms with van der Waals surface area (Å²) in [5.41, 5.74) is 2.80. The number of anilines is 1. The minimum Gasteiger partial charge on any atom is -0.389 e. The van der Waals surface area contributed by atoms with E-state index in [0.29, 0.717) is 13.1 Å². The minimum absolute atomic E-state index is 0.193. The molecule has 1 aliphatic rings. The molecule has 0 amide bonds. The zero-order valence-corrected chi connectivity index (χ0v) is 8.10. The van der Waals surface area contributed by atoms with Crippen LogP contribution in [0.1, 0.15) is 15.9 Å². The van der Waals surface area contributed by atoms with Gasteiger partial charge < -0.3 is 10.0 Å². The van der Waals surface area contributed by atoms with Crippen LogP contribution in [0, 0.1) is 6.92 Å². The third-order valence-electron chi connectivity index (χ3n) is 2.61. The van der Waals surface area contributed by atoms with Crippen molar-refractivity contribution < 1.29 is 9.90 Å². The zero-order chi connectivity index (χ0) is 10.1. The van der Waals surface area contributed by atoms with Gasteiger partial charge >= 0.3 is 0 Å². The van der Waals surface area contributed by atoms with Crippen molar-refractivity contribution >= 4 is 12.0 Å². The summed E-state index contributed by atoms with van der Waals surface area (Å²) in [5.74, 6) is 0. The number of aliphatic hydroxyl groups is 1. The quantitative estimate of drug-likeness (QED) is 0.709. The normalized spacial score (nSPS) is 16.6. The van der Waals surface area contributed by atoms with E-state index in [1.165, 1.54) is 0 Å². The summed E-state index contributed by atoms with van der Waals surface area (Å²) in [6.45, 7) is 3.31. The highest BCUT2D eigenvalue weighted by Crippen LogP contribution is 2.22. The first-order chi connectivity index (χ1) is 6.70. The molecule has 1 fully saturated rings. The molecule has 1 aromatic rings. The Kier molecular flexibility index (Phi) is 2.25. The average molecular weight is 191 g/mol. The summed E-state index contributed by atoms with van der Waals surface area (Å²) in [4.78, 5) is 12.7. The zero-order valence-electron chi connectivity index (χ0n) is 8.10. The molecule has 1 saturated heterocycles. The van der Waals surface area contributed by atoms with Crippen molar-refractivity contribution in [2.24, 2.45) is 0 Å². The number of carbonyl (C=O) groups is 1. The fourth-order valence-electron chi connectivity index (χ4n) is 1.65. The largest absolute Gasteiger partial charge is 0.389 e. The van der Waals surface area contributed by atoms with Gasteiger partial charge in [-0.1, -0.05) is 0 Å². The van der Waals surface area contributed by atoms with E-state index in [9.17, 15) is 4.79 Å². The lowest BCUT2D eigenvalue weighted by Gasteiger charge is -2.38. The third kappa shape index (κ3) is 1.51. The number of nitrogens with zero attached hydrogens (tertiary/aromatic N) is 1. The maximum absolute atomic E-state index is 10.6. The fourth-order valence-corrected chi connectivity index (χ4v) is 1.65. The Hall–Kier alpha value is -1.35. The predicted molar refractivity (Wildman–Crippen MR) is 54.8 cm³/mol. The topological polar surface area (TPSA) is 40.5 Å². The van der Waals surface area contributed by atoms with Crippen LogP contribution in [0.2, 0.25) is 0 Å². The molecular formula is C11H13NO2. The van der Waals surface area contributed by atoms with E-state index in [4.69, 9.17) is 5.11 Å². The molecule has 0 aliphatic carbocycles. The van der Waals surface area contributed by atoms with Crippen LogP contribution in [-0.2, 0) is 0 Å². The van der Waals surface area contributed by atoms with Gasteiger partial charge in [0.1, 0.15) is 6.29 Å². The number of aliphatic hydroxyl groups excluding tert-OH is 1. The number of aryl methyl sites for hydroxylation is 1. The van der Waals surface area contributed by atoms with Crippen LogP contribution in [0.25, 0.3) is 0 Å². The predicted octanol–water partition coefficient (Wildman–Crippen LogP) is 0.988. The molecule has 3 heteroatoms. The SMILES string of the molecule is Cc1cc(N2CC(O)C2)ccc1C=O. The molecule has 2 rings (SSSR count). The molecule has 74 valence electrons. The van der Waals surface area contributed by atoms with Gasteiger partial charge in [0.15, 0.2) is 0 Å². The molecular weight excluding hydrogens is 178 g/mol. The molecule has 0 saturated carbocycles. The first kappa shape index (κ1) is 9.21. The highest BCUT2D eigenvalue weighted by atomic mass is 16.3. The molecule has 0 unspecified atom stereocenters. The van der Waals surface area contributed by atoms with Gasteiger partial charge in [0.05, 0.1) is 6.10 Å². The number of aldehydes is 1. The summed E-state index contributed by atoms with van der Waals surface area (Å²) in [6, 6.07) is 5.72. The average Bonchev–Trinajstić information content (AvgIpc) is 2.13. The number of rotatable bonds is 2. The van der Waals surface area contributed by atoms with Gasteiger partial charge in [-0.25, -0.2) is 0 Å². The van der Waals surface area contributed by atoms with Crippen LogP contribution < -0.4 is 4.90 Å². The van der Waals surface area contributed by atoms with Gasteiger partial charge in [0, 0.05) is 24.3 Å². The van der Waals surface area contributed by atoms with E-state index in [2.05, 4.69) is 4.90 Å². The second-order valence-corrected chi connectivity index (χ2v) is 3.72. The van der Waals surface area contributed by atoms with Crippen molar-refractivity contribution in [3.63, 3.8) is 0 Å². The second kappa shape index (κ2) is 3.42. The minimum atomic E-state index is -0.193. The first-order valence-electron chi connectivity index (χ1n) is 4.69. The van der Waals surface area contributed by atoms with Crippen molar-refractivity contribution in [3.05, 3.63) is 29.3 Å². The number of benzene rings is 1. The third-order valence-corrected chi connectivity index (χ3v) is 2.61. The van der Waals surface area contributed by atoms with Crippen LogP contribution in [0.15, 0.2) is 18.2 Å². The lowest BCUT2D eigenvalue weighted by atomic mass is 10.1. The molecule has 0 aromatic heterocycles. The molecule has 1 aliphatic heterocycles. The van der Waals surface area contributed by atoms with Crippen LogP contribution in [0.5, 0.6) is 0 Å². The molecule has 1 heterocycles. The maximum Gasteiger partial charge on any atom is 0.150 e. The van der Waals surface area contributed by atoms with Gasteiger partial charge in [-0.05, 0) is 30.7 Å². The van der Waals surface area contributed by atoms with E-state index in [0.717, 1.165) is 23.1 Å². The Morgan fingerprint density at radius 3 is 2.71 bits per heavy atom. The van der Waals surface area contributed by atoms with E-state index in [1.54, 1.807) is 0 Å². The molecule has 3 nitrogen and oxygen atoms in total. The van der Waals surface area contributed by atoms with Gasteiger partial charge in [-0.2, -0.15) is 0 Å². The summed E-state index contributed by atoms with van der Waals surface area (Å²) in [7, 11) is 0. The van der Waals surface area contributed by atoms with E-state index in [-0.39, 0.29) is 6.10 Å². The van der Waals surface area contributed by atoms with Gasteiger partial charge in [0.2, 0.25) is 0 Å². The van der Waals surface area contributed by atoms with Gasteiger partial charge in [-0.15, -0.1) is 0 Å². The fraction of sp³-hybridized carbons (Fsp3) is 0.364. The standard InChI is InChI=1S/C11H13NO2/c1-8-4-10(3-2-9(8)7-13)12-5-11(14)6-12/h2-4,7,11,14H,5-6H2,1H3. The van der Waals surface area contributed by atoms with Crippen molar-refractivity contribution in [1.29, 1.82) is 0 Å². The van der Waals surface area contributed by atoms with E-state index < -0.39 is 0 Å². The summed E-state index contributed by atoms with van der Waals surface area (Å²) < 4.78 is 0. The Morgan fingerprint density at radius 2 is 2.21 bits per heavy atom. The van der Waals surface area contributed by atoms with Gasteiger partial charge in [0.25, 0.3) is 0 Å². The number of β-amino-alcohol motifs (C(OH)–C–C–N with tert-alkyl or cyclic N) is 1. The number of hydrogen-bond donors (Lipinski definition) is 1. The van der Waals surface area contributed by atoms with E-state index >= 15 is 0 Å². The Bertz CT molecular complexity index is 356. The van der Waals surface area contributed by atoms with Crippen LogP contribution in [0.4, 0.5) is 5.69 Å². The molecule has 0 spiro atoms. The highest BCUT2D eigenvalue weighted by molar-refractivity contribution is 5.78. The number of hydrogen-bond acceptors (Lipinski definition) is 3. The van der Waals surface area contributed by atoms with Crippen LogP contribution >= 0.6 is 0 Å². The Balaban J connectivity index is 2.20. The monoisotopic (exact) mass is 191 g/mol. The van der Waals surface area contributed by atoms with Crippen molar-refractivity contribution in [1.82, 2.24) is 0 Å². The number of carbonyl (C=O) groups excluding carboxylic acids is 1. The highest BCUT2D eigenvalue weighted by Gasteiger charge is 2.24. The maximum atomic E-state index is 10.6. The smallest absolute Gasteiger partial charge is 0.150 e. The molecule has 1 N–H and O–H groups in total. The summed E-state index contributed by atoms with van der Waals surface area (Å²) >= 11 is 0. The van der Waals surface area contributed by atoms with Crippen LogP contribution in [0.3, 0.4) is 0 Å². The second-order valence-electron chi connectivity index (χ2n) is 3.72. The van der Waals surface area contributed by atoms with E-state index in [1.807, 2.05) is 25.1 Å². The molecule has 14 heavy (non-hydrogen) atoms. The summed E-state index contributed by atoms with van der Waals surface area (Å²) in [6.07, 6.45) is 0.672. The van der Waals surface area contributed by atoms with Crippen LogP contribution in [-0.4, -0.2) is 30.6 Å². The summed E-state index contributed by atoms with van der Waals surface area (Å²) in [5, 5.41) is 9.15. The lowest BCUT2D eigenvalue weighted by Crippen LogP contribution is -2.50. The molecule has 1 aromatic carbocycles. The van der Waals surface area contributed by atoms with Crippen molar-refractivity contribution in [3.8, 4) is 0 Å². The van der Waals surface area contributed by atoms with Gasteiger partial charge in [-0.3, -0.25) is 4.79 Å². The molecule has 0 bridgehead atoms.